The van der Waals surface area contributed by atoms with Crippen LogP contribution in [-0.2, 0) is 0 Å². The topological polar surface area (TPSA) is 54.2 Å². The fourth-order valence-corrected chi connectivity index (χ4v) is 3.43. The van der Waals surface area contributed by atoms with E-state index < -0.39 is 0 Å². The lowest BCUT2D eigenvalue weighted by Gasteiger charge is -2.24. The number of anilines is 2. The van der Waals surface area contributed by atoms with Gasteiger partial charge in [0.1, 0.15) is 10.8 Å². The Morgan fingerprint density at radius 2 is 2.11 bits per heavy atom. The highest BCUT2D eigenvalue weighted by Crippen LogP contribution is 2.47. The summed E-state index contributed by atoms with van der Waals surface area (Å²) in [5.74, 6) is 2.08. The highest BCUT2D eigenvalue weighted by Gasteiger charge is 2.31. The zero-order valence-corrected chi connectivity index (χ0v) is 13.3. The van der Waals surface area contributed by atoms with Crippen molar-refractivity contribution in [1.29, 1.82) is 0 Å². The van der Waals surface area contributed by atoms with E-state index in [1.54, 1.807) is 0 Å². The SMILES string of the molecule is CC(C)CC(CN(C)C)Nc1snc(N)c1C1CC1. The van der Waals surface area contributed by atoms with E-state index in [1.807, 2.05) is 0 Å². The minimum Gasteiger partial charge on any atom is -0.383 e. The van der Waals surface area contributed by atoms with Crippen LogP contribution in [0.2, 0.25) is 0 Å². The summed E-state index contributed by atoms with van der Waals surface area (Å²) < 4.78 is 4.33. The Kier molecular flexibility index (Phi) is 4.68. The summed E-state index contributed by atoms with van der Waals surface area (Å²) in [7, 11) is 4.25. The normalized spacial score (nSPS) is 17.2. The van der Waals surface area contributed by atoms with Crippen molar-refractivity contribution in [2.45, 2.75) is 45.1 Å². The molecule has 1 aliphatic rings. The van der Waals surface area contributed by atoms with Gasteiger partial charge in [-0.2, -0.15) is 4.37 Å². The van der Waals surface area contributed by atoms with E-state index in [0.717, 1.165) is 12.4 Å². The van der Waals surface area contributed by atoms with Gasteiger partial charge >= 0.3 is 0 Å². The molecule has 3 N–H and O–H groups in total. The Morgan fingerprint density at radius 1 is 1.42 bits per heavy atom. The molecule has 2 rings (SSSR count). The average Bonchev–Trinajstić information content (AvgIpc) is 3.03. The van der Waals surface area contributed by atoms with Crippen molar-refractivity contribution in [1.82, 2.24) is 9.27 Å². The highest BCUT2D eigenvalue weighted by molar-refractivity contribution is 7.10. The molecule has 1 aromatic rings. The fraction of sp³-hybridized carbons (Fsp3) is 0.786. The number of hydrogen-bond acceptors (Lipinski definition) is 5. The zero-order chi connectivity index (χ0) is 14.0. The van der Waals surface area contributed by atoms with Crippen molar-refractivity contribution in [3.8, 4) is 0 Å². The fourth-order valence-electron chi connectivity index (χ4n) is 2.55. The van der Waals surface area contributed by atoms with Crippen LogP contribution in [0.5, 0.6) is 0 Å². The molecule has 0 radical (unpaired) electrons. The molecule has 0 aromatic carbocycles. The van der Waals surface area contributed by atoms with Gasteiger partial charge in [-0.3, -0.25) is 0 Å². The summed E-state index contributed by atoms with van der Waals surface area (Å²) in [5.41, 5.74) is 7.28. The molecule has 4 nitrogen and oxygen atoms in total. The molecule has 1 heterocycles. The van der Waals surface area contributed by atoms with Crippen molar-refractivity contribution in [3.63, 3.8) is 0 Å². The first-order valence-corrected chi connectivity index (χ1v) is 7.91. The molecule has 0 amide bonds. The molecule has 0 spiro atoms. The molecule has 1 aromatic heterocycles. The maximum Gasteiger partial charge on any atom is 0.142 e. The Morgan fingerprint density at radius 3 is 2.63 bits per heavy atom. The number of nitrogen functional groups attached to an aromatic ring is 1. The molecule has 1 saturated carbocycles. The van der Waals surface area contributed by atoms with Gasteiger partial charge in [0.05, 0.1) is 0 Å². The average molecular weight is 282 g/mol. The summed E-state index contributed by atoms with van der Waals surface area (Å²) >= 11 is 1.52. The number of nitrogens with two attached hydrogens (primary N) is 1. The van der Waals surface area contributed by atoms with Gasteiger partial charge in [-0.05, 0) is 56.7 Å². The summed E-state index contributed by atoms with van der Waals surface area (Å²) in [5, 5.41) is 4.89. The lowest BCUT2D eigenvalue weighted by atomic mass is 10.0. The van der Waals surface area contributed by atoms with E-state index in [1.165, 1.54) is 41.4 Å². The first kappa shape index (κ1) is 14.6. The van der Waals surface area contributed by atoms with Gasteiger partial charge in [0.2, 0.25) is 0 Å². The molecule has 19 heavy (non-hydrogen) atoms. The first-order chi connectivity index (χ1) is 8.97. The van der Waals surface area contributed by atoms with Gasteiger partial charge in [-0.25, -0.2) is 0 Å². The monoisotopic (exact) mass is 282 g/mol. The summed E-state index contributed by atoms with van der Waals surface area (Å²) in [4.78, 5) is 2.24. The molecule has 5 heteroatoms. The smallest absolute Gasteiger partial charge is 0.142 e. The van der Waals surface area contributed by atoms with E-state index in [-0.39, 0.29) is 0 Å². The van der Waals surface area contributed by atoms with Crippen molar-refractivity contribution < 1.29 is 0 Å². The second-order valence-electron chi connectivity index (χ2n) is 6.32. The van der Waals surface area contributed by atoms with E-state index in [2.05, 4.69) is 42.5 Å². The van der Waals surface area contributed by atoms with E-state index in [0.29, 0.717) is 17.9 Å². The van der Waals surface area contributed by atoms with E-state index in [4.69, 9.17) is 5.73 Å². The van der Waals surface area contributed by atoms with Crippen molar-refractivity contribution in [2.24, 2.45) is 5.92 Å². The van der Waals surface area contributed by atoms with Gasteiger partial charge in [0.15, 0.2) is 0 Å². The Labute approximate surface area is 120 Å². The predicted octanol–water partition coefficient (Wildman–Crippen LogP) is 2.99. The Hall–Kier alpha value is -0.810. The lowest BCUT2D eigenvalue weighted by molar-refractivity contribution is 0.356. The maximum absolute atomic E-state index is 6.01. The largest absolute Gasteiger partial charge is 0.383 e. The van der Waals surface area contributed by atoms with Gasteiger partial charge in [-0.15, -0.1) is 0 Å². The number of hydrogen-bond donors (Lipinski definition) is 2. The molecule has 1 unspecified atom stereocenters. The number of aromatic nitrogens is 1. The second-order valence-corrected chi connectivity index (χ2v) is 7.09. The zero-order valence-electron chi connectivity index (χ0n) is 12.4. The van der Waals surface area contributed by atoms with Crippen LogP contribution in [0.25, 0.3) is 0 Å². The molecule has 1 atom stereocenters. The number of rotatable bonds is 7. The molecule has 0 aliphatic heterocycles. The standard InChI is InChI=1S/C14H26N4S/c1-9(2)7-11(8-18(3)4)16-14-12(10-5-6-10)13(15)17-19-14/h9-11,16H,5-8H2,1-4H3,(H2,15,17). The first-order valence-electron chi connectivity index (χ1n) is 7.13. The molecule has 1 aliphatic carbocycles. The van der Waals surface area contributed by atoms with Crippen molar-refractivity contribution in [2.75, 3.05) is 31.7 Å². The Balaban J connectivity index is 2.07. The third-order valence-corrected chi connectivity index (χ3v) is 4.23. The van der Waals surface area contributed by atoms with Gasteiger partial charge in [0.25, 0.3) is 0 Å². The van der Waals surface area contributed by atoms with Crippen molar-refractivity contribution >= 4 is 22.4 Å². The number of likely N-dealkylation sites (N-methyl/N-ethyl adjacent to an activating group) is 1. The molecule has 1 fully saturated rings. The predicted molar refractivity (Wildman–Crippen MR) is 83.9 cm³/mol. The highest BCUT2D eigenvalue weighted by atomic mass is 32.1. The van der Waals surface area contributed by atoms with Crippen LogP contribution >= 0.6 is 11.5 Å². The van der Waals surface area contributed by atoms with Gasteiger partial charge in [0, 0.05) is 18.2 Å². The molecular weight excluding hydrogens is 256 g/mol. The van der Waals surface area contributed by atoms with E-state index >= 15 is 0 Å². The second kappa shape index (κ2) is 6.09. The van der Waals surface area contributed by atoms with Crippen molar-refractivity contribution in [3.05, 3.63) is 5.56 Å². The quantitative estimate of drug-likeness (QED) is 0.807. The lowest BCUT2D eigenvalue weighted by Crippen LogP contribution is -2.33. The van der Waals surface area contributed by atoms with Gasteiger partial charge in [-0.1, -0.05) is 13.8 Å². The minimum atomic E-state index is 0.465. The third-order valence-electron chi connectivity index (χ3n) is 3.42. The molecule has 0 saturated heterocycles. The Bertz CT molecular complexity index is 400. The minimum absolute atomic E-state index is 0.465. The summed E-state index contributed by atoms with van der Waals surface area (Å²) in [6.07, 6.45) is 3.69. The molecule has 108 valence electrons. The molecular formula is C14H26N4S. The summed E-state index contributed by atoms with van der Waals surface area (Å²) in [6.45, 7) is 5.58. The van der Waals surface area contributed by atoms with Crippen LogP contribution in [-0.4, -0.2) is 36.0 Å². The third kappa shape index (κ3) is 4.08. The number of nitrogens with zero attached hydrogens (tertiary/aromatic N) is 2. The summed E-state index contributed by atoms with van der Waals surface area (Å²) in [6, 6.07) is 0.465. The van der Waals surface area contributed by atoms with E-state index in [9.17, 15) is 0 Å². The number of nitrogens with one attached hydrogen (secondary N) is 1. The van der Waals surface area contributed by atoms with Crippen LogP contribution < -0.4 is 11.1 Å². The molecule has 0 bridgehead atoms. The van der Waals surface area contributed by atoms with Crippen LogP contribution in [0.4, 0.5) is 10.8 Å². The van der Waals surface area contributed by atoms with Gasteiger partial charge < -0.3 is 16.0 Å². The van der Waals surface area contributed by atoms with Crippen LogP contribution in [0.3, 0.4) is 0 Å². The van der Waals surface area contributed by atoms with Crippen LogP contribution in [0.15, 0.2) is 0 Å². The van der Waals surface area contributed by atoms with Crippen LogP contribution in [0, 0.1) is 5.92 Å². The van der Waals surface area contributed by atoms with Crippen LogP contribution in [0.1, 0.15) is 44.6 Å². The maximum atomic E-state index is 6.01.